The number of aliphatic hydroxyl groups excluding tert-OH is 1. The first-order valence-corrected chi connectivity index (χ1v) is 5.43. The first kappa shape index (κ1) is 12.9. The normalized spacial score (nSPS) is 13.6. The number of hydrogen-bond donors (Lipinski definition) is 2. The lowest BCUT2D eigenvalue weighted by Gasteiger charge is -2.24. The van der Waals surface area contributed by atoms with Crippen LogP contribution < -0.4 is 4.74 Å². The third-order valence-electron chi connectivity index (χ3n) is 2.19. The van der Waals surface area contributed by atoms with Crippen LogP contribution in [0.1, 0.15) is 38.9 Å². The molecular weight excluding hydrogens is 206 g/mol. The van der Waals surface area contributed by atoms with Gasteiger partial charge in [0.15, 0.2) is 0 Å². The van der Waals surface area contributed by atoms with Crippen molar-refractivity contribution in [3.8, 4) is 5.75 Å². The van der Waals surface area contributed by atoms with Gasteiger partial charge >= 0.3 is 0 Å². The molecule has 0 fully saturated rings. The first-order valence-electron chi connectivity index (χ1n) is 5.43. The van der Waals surface area contributed by atoms with Crippen molar-refractivity contribution in [2.24, 2.45) is 0 Å². The molecule has 1 aromatic heterocycles. The predicted octanol–water partition coefficient (Wildman–Crippen LogP) is 1.67. The van der Waals surface area contributed by atoms with Crippen LogP contribution in [0.5, 0.6) is 5.75 Å². The van der Waals surface area contributed by atoms with Crippen molar-refractivity contribution in [1.29, 1.82) is 0 Å². The van der Waals surface area contributed by atoms with E-state index in [0.29, 0.717) is 17.9 Å². The molecule has 90 valence electrons. The molecule has 4 heteroatoms. The van der Waals surface area contributed by atoms with E-state index in [9.17, 15) is 10.2 Å². The molecule has 0 spiro atoms. The van der Waals surface area contributed by atoms with Crippen molar-refractivity contribution in [2.75, 3.05) is 6.61 Å². The lowest BCUT2D eigenvalue weighted by Crippen LogP contribution is -2.28. The monoisotopic (exact) mass is 225 g/mol. The molecule has 0 bridgehead atoms. The number of nitrogens with zero attached hydrogens (tertiary/aromatic N) is 1. The standard InChI is InChI=1S/C12H19NO3/c1-4-5-16-10-6-9(7-13-8-10)11(14)12(2,3)15/h6-8,11,14-15H,4-5H2,1-3H3. The number of hydrogen-bond acceptors (Lipinski definition) is 4. The molecule has 0 radical (unpaired) electrons. The Kier molecular flexibility index (Phi) is 4.26. The van der Waals surface area contributed by atoms with Gasteiger partial charge in [-0.05, 0) is 26.3 Å². The van der Waals surface area contributed by atoms with Crippen molar-refractivity contribution in [3.63, 3.8) is 0 Å². The van der Waals surface area contributed by atoms with E-state index in [2.05, 4.69) is 4.98 Å². The molecule has 0 amide bonds. The fraction of sp³-hybridized carbons (Fsp3) is 0.583. The average molecular weight is 225 g/mol. The maximum atomic E-state index is 9.86. The third kappa shape index (κ3) is 3.47. The van der Waals surface area contributed by atoms with Crippen molar-refractivity contribution in [2.45, 2.75) is 38.9 Å². The Morgan fingerprint density at radius 1 is 1.44 bits per heavy atom. The van der Waals surface area contributed by atoms with E-state index in [4.69, 9.17) is 4.74 Å². The lowest BCUT2D eigenvalue weighted by molar-refractivity contribution is -0.0499. The predicted molar refractivity (Wildman–Crippen MR) is 61.3 cm³/mol. The Morgan fingerprint density at radius 3 is 2.69 bits per heavy atom. The average Bonchev–Trinajstić information content (AvgIpc) is 2.24. The molecule has 1 rings (SSSR count). The summed E-state index contributed by atoms with van der Waals surface area (Å²) < 4.78 is 5.40. The molecule has 4 nitrogen and oxygen atoms in total. The zero-order valence-electron chi connectivity index (χ0n) is 9.97. The summed E-state index contributed by atoms with van der Waals surface area (Å²) in [4.78, 5) is 3.98. The SMILES string of the molecule is CCCOc1cncc(C(O)C(C)(C)O)c1. The molecule has 0 saturated heterocycles. The van der Waals surface area contributed by atoms with Crippen LogP contribution >= 0.6 is 0 Å². The topological polar surface area (TPSA) is 62.6 Å². The minimum Gasteiger partial charge on any atom is -0.492 e. The quantitative estimate of drug-likeness (QED) is 0.800. The van der Waals surface area contributed by atoms with Crippen molar-refractivity contribution >= 4 is 0 Å². The van der Waals surface area contributed by atoms with Crippen molar-refractivity contribution < 1.29 is 14.9 Å². The van der Waals surface area contributed by atoms with Crippen LogP contribution in [0.3, 0.4) is 0 Å². The number of aliphatic hydroxyl groups is 2. The van der Waals surface area contributed by atoms with Crippen LogP contribution in [0.25, 0.3) is 0 Å². The fourth-order valence-corrected chi connectivity index (χ4v) is 1.29. The zero-order chi connectivity index (χ0) is 12.2. The highest BCUT2D eigenvalue weighted by atomic mass is 16.5. The van der Waals surface area contributed by atoms with Crippen LogP contribution in [-0.4, -0.2) is 27.4 Å². The summed E-state index contributed by atoms with van der Waals surface area (Å²) in [7, 11) is 0. The van der Waals surface area contributed by atoms with Gasteiger partial charge in [0.05, 0.1) is 18.4 Å². The zero-order valence-corrected chi connectivity index (χ0v) is 9.97. The molecule has 0 aromatic carbocycles. The van der Waals surface area contributed by atoms with Crippen LogP contribution in [0.2, 0.25) is 0 Å². The van der Waals surface area contributed by atoms with Gasteiger partial charge in [-0.15, -0.1) is 0 Å². The highest BCUT2D eigenvalue weighted by molar-refractivity contribution is 5.26. The highest BCUT2D eigenvalue weighted by Gasteiger charge is 2.26. The van der Waals surface area contributed by atoms with E-state index < -0.39 is 11.7 Å². The van der Waals surface area contributed by atoms with Crippen molar-refractivity contribution in [3.05, 3.63) is 24.0 Å². The second-order valence-electron chi connectivity index (χ2n) is 4.36. The summed E-state index contributed by atoms with van der Waals surface area (Å²) in [5, 5.41) is 19.5. The van der Waals surface area contributed by atoms with Gasteiger partial charge < -0.3 is 14.9 Å². The van der Waals surface area contributed by atoms with E-state index in [1.54, 1.807) is 26.1 Å². The molecule has 0 aliphatic heterocycles. The molecular formula is C12H19NO3. The Bertz CT molecular complexity index is 333. The van der Waals surface area contributed by atoms with Crippen molar-refractivity contribution in [1.82, 2.24) is 4.98 Å². The number of aromatic nitrogens is 1. The Labute approximate surface area is 95.9 Å². The number of pyridine rings is 1. The number of rotatable bonds is 5. The van der Waals surface area contributed by atoms with Gasteiger partial charge in [0.1, 0.15) is 11.9 Å². The van der Waals surface area contributed by atoms with E-state index in [0.717, 1.165) is 6.42 Å². The second kappa shape index (κ2) is 5.27. The molecule has 0 aliphatic rings. The molecule has 1 heterocycles. The van der Waals surface area contributed by atoms with Crippen LogP contribution in [-0.2, 0) is 0 Å². The van der Waals surface area contributed by atoms with Crippen LogP contribution in [0, 0.1) is 0 Å². The largest absolute Gasteiger partial charge is 0.492 e. The lowest BCUT2D eigenvalue weighted by atomic mass is 9.96. The van der Waals surface area contributed by atoms with E-state index in [1.165, 1.54) is 6.20 Å². The highest BCUT2D eigenvalue weighted by Crippen LogP contribution is 2.26. The number of ether oxygens (including phenoxy) is 1. The minimum atomic E-state index is -1.19. The van der Waals surface area contributed by atoms with E-state index >= 15 is 0 Å². The summed E-state index contributed by atoms with van der Waals surface area (Å²) >= 11 is 0. The fourth-order valence-electron chi connectivity index (χ4n) is 1.29. The molecule has 1 atom stereocenters. The van der Waals surface area contributed by atoms with Crippen LogP contribution in [0.4, 0.5) is 0 Å². The molecule has 16 heavy (non-hydrogen) atoms. The second-order valence-corrected chi connectivity index (χ2v) is 4.36. The van der Waals surface area contributed by atoms with Gasteiger partial charge in [0.25, 0.3) is 0 Å². The van der Waals surface area contributed by atoms with Gasteiger partial charge in [0, 0.05) is 11.8 Å². The first-order chi connectivity index (χ1) is 7.45. The summed E-state index contributed by atoms with van der Waals surface area (Å²) in [6.07, 6.45) is 3.07. The van der Waals surface area contributed by atoms with Gasteiger partial charge in [-0.2, -0.15) is 0 Å². The molecule has 1 unspecified atom stereocenters. The Balaban J connectivity index is 2.81. The molecule has 0 saturated carbocycles. The molecule has 1 aromatic rings. The molecule has 0 aliphatic carbocycles. The van der Waals surface area contributed by atoms with E-state index in [-0.39, 0.29) is 0 Å². The minimum absolute atomic E-state index is 0.557. The summed E-state index contributed by atoms with van der Waals surface area (Å²) in [5.74, 6) is 0.614. The summed E-state index contributed by atoms with van der Waals surface area (Å²) in [6.45, 7) is 5.74. The van der Waals surface area contributed by atoms with Gasteiger partial charge in [-0.3, -0.25) is 4.98 Å². The van der Waals surface area contributed by atoms with E-state index in [1.807, 2.05) is 6.92 Å². The van der Waals surface area contributed by atoms with Crippen LogP contribution in [0.15, 0.2) is 18.5 Å². The maximum Gasteiger partial charge on any atom is 0.137 e. The van der Waals surface area contributed by atoms with Gasteiger partial charge in [-0.25, -0.2) is 0 Å². The maximum absolute atomic E-state index is 9.86. The van der Waals surface area contributed by atoms with Gasteiger partial charge in [-0.1, -0.05) is 6.92 Å². The molecule has 2 N–H and O–H groups in total. The summed E-state index contributed by atoms with van der Waals surface area (Å²) in [6, 6.07) is 1.70. The summed E-state index contributed by atoms with van der Waals surface area (Å²) in [5.41, 5.74) is -0.633. The smallest absolute Gasteiger partial charge is 0.137 e. The third-order valence-corrected chi connectivity index (χ3v) is 2.19. The van der Waals surface area contributed by atoms with Gasteiger partial charge in [0.2, 0.25) is 0 Å². The Morgan fingerprint density at radius 2 is 2.12 bits per heavy atom. The Hall–Kier alpha value is -1.13.